The molecule has 1 saturated heterocycles. The summed E-state index contributed by atoms with van der Waals surface area (Å²) in [5, 5.41) is 10.6. The van der Waals surface area contributed by atoms with Crippen LogP contribution >= 0.6 is 0 Å². The van der Waals surface area contributed by atoms with Gasteiger partial charge in [0, 0.05) is 30.8 Å². The zero-order valence-corrected chi connectivity index (χ0v) is 9.68. The number of hydrogen-bond donors (Lipinski definition) is 0. The van der Waals surface area contributed by atoms with Crippen molar-refractivity contribution < 1.29 is 9.72 Å². The zero-order chi connectivity index (χ0) is 12.4. The highest BCUT2D eigenvalue weighted by Crippen LogP contribution is 2.27. The van der Waals surface area contributed by atoms with E-state index in [1.807, 2.05) is 0 Å². The molecule has 0 atom stereocenters. The Morgan fingerprint density at radius 3 is 2.71 bits per heavy atom. The first kappa shape index (κ1) is 11.6. The third kappa shape index (κ3) is 2.27. The fourth-order valence-electron chi connectivity index (χ4n) is 2.12. The van der Waals surface area contributed by atoms with Crippen LogP contribution in [0.1, 0.15) is 24.8 Å². The van der Waals surface area contributed by atoms with Gasteiger partial charge in [-0.3, -0.25) is 14.9 Å². The lowest BCUT2D eigenvalue weighted by atomic mass is 10.1. The second kappa shape index (κ2) is 4.53. The number of aryl methyl sites for hydroxylation is 1. The van der Waals surface area contributed by atoms with Crippen LogP contribution in [0.3, 0.4) is 0 Å². The molecule has 5 nitrogen and oxygen atoms in total. The first-order valence-electron chi connectivity index (χ1n) is 5.65. The Kier molecular flexibility index (Phi) is 3.08. The normalized spacial score (nSPS) is 16.1. The molecular formula is C12H14N2O3. The molecule has 0 bridgehead atoms. The maximum Gasteiger partial charge on any atom is 0.269 e. The number of amides is 1. The summed E-state index contributed by atoms with van der Waals surface area (Å²) in [6, 6.07) is 4.62. The van der Waals surface area contributed by atoms with E-state index in [9.17, 15) is 14.9 Å². The summed E-state index contributed by atoms with van der Waals surface area (Å²) in [5.41, 5.74) is 1.63. The molecule has 1 aliphatic heterocycles. The number of nitrogens with zero attached hydrogens (tertiary/aromatic N) is 2. The van der Waals surface area contributed by atoms with Gasteiger partial charge in [0.05, 0.1) is 4.92 Å². The summed E-state index contributed by atoms with van der Waals surface area (Å²) < 4.78 is 0. The monoisotopic (exact) mass is 234 g/mol. The fourth-order valence-corrected chi connectivity index (χ4v) is 2.12. The van der Waals surface area contributed by atoms with E-state index in [0.29, 0.717) is 13.0 Å². The maximum absolute atomic E-state index is 11.8. The van der Waals surface area contributed by atoms with E-state index in [4.69, 9.17) is 0 Å². The second-order valence-electron chi connectivity index (χ2n) is 4.23. The van der Waals surface area contributed by atoms with Gasteiger partial charge in [-0.05, 0) is 31.4 Å². The minimum absolute atomic E-state index is 0.0655. The number of hydrogen-bond acceptors (Lipinski definition) is 3. The number of rotatable bonds is 2. The summed E-state index contributed by atoms with van der Waals surface area (Å²) in [6.45, 7) is 2.50. The molecule has 1 aromatic carbocycles. The number of anilines is 1. The number of non-ortho nitro benzene ring substituents is 1. The van der Waals surface area contributed by atoms with Crippen LogP contribution in [0.4, 0.5) is 11.4 Å². The van der Waals surface area contributed by atoms with Gasteiger partial charge in [0.15, 0.2) is 0 Å². The predicted octanol–water partition coefficient (Wildman–Crippen LogP) is 2.42. The number of carbonyl (C=O) groups is 1. The Balaban J connectivity index is 2.32. The van der Waals surface area contributed by atoms with Gasteiger partial charge in [-0.2, -0.15) is 0 Å². The molecular weight excluding hydrogens is 220 g/mol. The first-order chi connectivity index (χ1) is 8.09. The Labute approximate surface area is 99.2 Å². The van der Waals surface area contributed by atoms with Crippen molar-refractivity contribution in [1.82, 2.24) is 0 Å². The van der Waals surface area contributed by atoms with Crippen LogP contribution in [0.15, 0.2) is 18.2 Å². The highest BCUT2D eigenvalue weighted by Gasteiger charge is 2.21. The molecule has 5 heteroatoms. The highest BCUT2D eigenvalue weighted by atomic mass is 16.6. The van der Waals surface area contributed by atoms with E-state index < -0.39 is 4.92 Å². The Hall–Kier alpha value is -1.91. The van der Waals surface area contributed by atoms with Crippen molar-refractivity contribution in [2.45, 2.75) is 26.2 Å². The molecule has 0 saturated carbocycles. The Bertz CT molecular complexity index is 471. The lowest BCUT2D eigenvalue weighted by Gasteiger charge is -2.28. The highest BCUT2D eigenvalue weighted by molar-refractivity contribution is 5.94. The smallest absolute Gasteiger partial charge is 0.269 e. The van der Waals surface area contributed by atoms with E-state index in [0.717, 1.165) is 24.1 Å². The van der Waals surface area contributed by atoms with Gasteiger partial charge >= 0.3 is 0 Å². The quantitative estimate of drug-likeness (QED) is 0.583. The summed E-state index contributed by atoms with van der Waals surface area (Å²) in [4.78, 5) is 23.7. The molecule has 1 amide bonds. The molecule has 1 heterocycles. The average Bonchev–Trinajstić information content (AvgIpc) is 2.30. The predicted molar refractivity (Wildman–Crippen MR) is 64.0 cm³/mol. The number of benzene rings is 1. The van der Waals surface area contributed by atoms with Crippen molar-refractivity contribution in [1.29, 1.82) is 0 Å². The molecule has 1 aliphatic rings. The molecule has 1 aromatic rings. The van der Waals surface area contributed by atoms with Crippen molar-refractivity contribution in [3.05, 3.63) is 33.9 Å². The summed E-state index contributed by atoms with van der Waals surface area (Å²) in [7, 11) is 0. The number of nitro groups is 1. The minimum Gasteiger partial charge on any atom is -0.312 e. The largest absolute Gasteiger partial charge is 0.312 e. The third-order valence-electron chi connectivity index (χ3n) is 3.01. The van der Waals surface area contributed by atoms with Gasteiger partial charge in [0.25, 0.3) is 5.69 Å². The molecule has 0 radical (unpaired) electrons. The van der Waals surface area contributed by atoms with Crippen LogP contribution in [0.5, 0.6) is 0 Å². The van der Waals surface area contributed by atoms with Crippen molar-refractivity contribution in [2.24, 2.45) is 0 Å². The van der Waals surface area contributed by atoms with Crippen molar-refractivity contribution in [2.75, 3.05) is 11.4 Å². The standard InChI is InChI=1S/C12H14N2O3/c1-9-8-10(14(16)17)5-6-11(9)13-7-3-2-4-12(13)15/h5-6,8H,2-4,7H2,1H3. The van der Waals surface area contributed by atoms with E-state index >= 15 is 0 Å². The summed E-state index contributed by atoms with van der Waals surface area (Å²) >= 11 is 0. The van der Waals surface area contributed by atoms with Gasteiger partial charge in [-0.15, -0.1) is 0 Å². The lowest BCUT2D eigenvalue weighted by molar-refractivity contribution is -0.384. The van der Waals surface area contributed by atoms with Crippen LogP contribution in [-0.2, 0) is 4.79 Å². The molecule has 0 N–H and O–H groups in total. The zero-order valence-electron chi connectivity index (χ0n) is 9.68. The van der Waals surface area contributed by atoms with Crippen molar-refractivity contribution in [3.63, 3.8) is 0 Å². The molecule has 0 aliphatic carbocycles. The van der Waals surface area contributed by atoms with Gasteiger partial charge in [-0.1, -0.05) is 0 Å². The van der Waals surface area contributed by atoms with Crippen LogP contribution in [-0.4, -0.2) is 17.4 Å². The number of nitro benzene ring substituents is 1. The average molecular weight is 234 g/mol. The molecule has 1 fully saturated rings. The SMILES string of the molecule is Cc1cc([N+](=O)[O-])ccc1N1CCCCC1=O. The van der Waals surface area contributed by atoms with Gasteiger partial charge in [0.2, 0.25) is 5.91 Å². The molecule has 0 unspecified atom stereocenters. The van der Waals surface area contributed by atoms with Gasteiger partial charge < -0.3 is 4.90 Å². The summed E-state index contributed by atoms with van der Waals surface area (Å²) in [5.74, 6) is 0.105. The topological polar surface area (TPSA) is 63.5 Å². The third-order valence-corrected chi connectivity index (χ3v) is 3.01. The maximum atomic E-state index is 11.8. The van der Waals surface area contributed by atoms with E-state index in [1.165, 1.54) is 12.1 Å². The van der Waals surface area contributed by atoms with E-state index in [1.54, 1.807) is 17.9 Å². The lowest BCUT2D eigenvalue weighted by Crippen LogP contribution is -2.35. The van der Waals surface area contributed by atoms with E-state index in [2.05, 4.69) is 0 Å². The first-order valence-corrected chi connectivity index (χ1v) is 5.65. The molecule has 90 valence electrons. The molecule has 2 rings (SSSR count). The molecule has 0 spiro atoms. The van der Waals surface area contributed by atoms with Crippen molar-refractivity contribution in [3.8, 4) is 0 Å². The van der Waals surface area contributed by atoms with Crippen LogP contribution in [0.25, 0.3) is 0 Å². The van der Waals surface area contributed by atoms with E-state index in [-0.39, 0.29) is 11.6 Å². The van der Waals surface area contributed by atoms with Gasteiger partial charge in [0.1, 0.15) is 0 Å². The minimum atomic E-state index is -0.422. The van der Waals surface area contributed by atoms with Gasteiger partial charge in [-0.25, -0.2) is 0 Å². The number of carbonyl (C=O) groups excluding carboxylic acids is 1. The summed E-state index contributed by atoms with van der Waals surface area (Å²) in [6.07, 6.45) is 2.49. The van der Waals surface area contributed by atoms with Crippen molar-refractivity contribution >= 4 is 17.3 Å². The second-order valence-corrected chi connectivity index (χ2v) is 4.23. The van der Waals surface area contributed by atoms with Crippen LogP contribution in [0, 0.1) is 17.0 Å². The molecule has 0 aromatic heterocycles. The fraction of sp³-hybridized carbons (Fsp3) is 0.417. The Morgan fingerprint density at radius 1 is 1.35 bits per heavy atom. The van der Waals surface area contributed by atoms with Crippen LogP contribution in [0.2, 0.25) is 0 Å². The van der Waals surface area contributed by atoms with Crippen LogP contribution < -0.4 is 4.90 Å². The number of piperidine rings is 1. The Morgan fingerprint density at radius 2 is 2.12 bits per heavy atom. The molecule has 17 heavy (non-hydrogen) atoms.